The molecule has 0 bridgehead atoms. The average molecular weight is 401 g/mol. The summed E-state index contributed by atoms with van der Waals surface area (Å²) >= 11 is 2.95. The van der Waals surface area contributed by atoms with E-state index in [1.807, 2.05) is 41.1 Å². The third-order valence-corrected chi connectivity index (χ3v) is 5.63. The van der Waals surface area contributed by atoms with E-state index in [9.17, 15) is 4.79 Å². The van der Waals surface area contributed by atoms with Gasteiger partial charge in [0.2, 0.25) is 0 Å². The maximum atomic E-state index is 12.1. The zero-order valence-corrected chi connectivity index (χ0v) is 16.2. The minimum absolute atomic E-state index is 0.248. The second-order valence-corrected chi connectivity index (χ2v) is 7.33. The van der Waals surface area contributed by atoms with E-state index in [4.69, 9.17) is 13.9 Å². The van der Waals surface area contributed by atoms with Crippen molar-refractivity contribution in [1.82, 2.24) is 14.8 Å². The van der Waals surface area contributed by atoms with Gasteiger partial charge in [0.05, 0.1) is 31.3 Å². The molecule has 0 radical (unpaired) electrons. The van der Waals surface area contributed by atoms with Crippen LogP contribution in [0.4, 0.5) is 0 Å². The van der Waals surface area contributed by atoms with Crippen molar-refractivity contribution >= 4 is 22.7 Å². The van der Waals surface area contributed by atoms with Crippen molar-refractivity contribution in [2.45, 2.75) is 6.54 Å². The minimum atomic E-state index is -0.501. The summed E-state index contributed by atoms with van der Waals surface area (Å²) in [5.41, 5.74) is 1.65. The molecule has 0 aliphatic heterocycles. The molecule has 0 spiro atoms. The van der Waals surface area contributed by atoms with Crippen LogP contribution >= 0.6 is 22.7 Å². The fraction of sp³-hybridized carbons (Fsp3) is 0.167. The van der Waals surface area contributed by atoms with Crippen molar-refractivity contribution in [3.8, 4) is 32.8 Å². The molecule has 1 aromatic carbocycles. The zero-order chi connectivity index (χ0) is 18.8. The molecule has 0 fully saturated rings. The molecule has 0 N–H and O–H groups in total. The van der Waals surface area contributed by atoms with Gasteiger partial charge in [0, 0.05) is 10.9 Å². The van der Waals surface area contributed by atoms with Crippen LogP contribution in [0, 0.1) is 0 Å². The second-order valence-electron chi connectivity index (χ2n) is 5.52. The molecular weight excluding hydrogens is 386 g/mol. The monoisotopic (exact) mass is 401 g/mol. The summed E-state index contributed by atoms with van der Waals surface area (Å²) in [5, 5.41) is 8.88. The Bertz CT molecular complexity index is 1110. The van der Waals surface area contributed by atoms with Gasteiger partial charge in [-0.3, -0.25) is 0 Å². The van der Waals surface area contributed by atoms with Crippen molar-refractivity contribution in [1.29, 1.82) is 0 Å². The van der Waals surface area contributed by atoms with Crippen molar-refractivity contribution in [2.24, 2.45) is 0 Å². The van der Waals surface area contributed by atoms with Crippen LogP contribution in [0.25, 0.3) is 21.3 Å². The van der Waals surface area contributed by atoms with Crippen LogP contribution in [0.3, 0.4) is 0 Å². The highest BCUT2D eigenvalue weighted by Crippen LogP contribution is 2.33. The lowest BCUT2D eigenvalue weighted by Crippen LogP contribution is -2.16. The van der Waals surface area contributed by atoms with Gasteiger partial charge in [0.1, 0.15) is 5.01 Å². The van der Waals surface area contributed by atoms with Gasteiger partial charge in [-0.15, -0.1) is 27.8 Å². The lowest BCUT2D eigenvalue weighted by molar-refractivity contribution is 0.355. The number of aromatic nitrogens is 3. The first-order valence-corrected chi connectivity index (χ1v) is 9.72. The number of methoxy groups -OCH3 is 2. The molecule has 0 aliphatic rings. The van der Waals surface area contributed by atoms with E-state index in [-0.39, 0.29) is 6.54 Å². The van der Waals surface area contributed by atoms with Crippen LogP contribution in [0.2, 0.25) is 0 Å². The molecule has 0 unspecified atom stereocenters. The van der Waals surface area contributed by atoms with E-state index in [0.29, 0.717) is 17.4 Å². The summed E-state index contributed by atoms with van der Waals surface area (Å²) in [6.07, 6.45) is 0. The Morgan fingerprint density at radius 3 is 2.74 bits per heavy atom. The predicted octanol–water partition coefficient (Wildman–Crippen LogP) is 3.75. The van der Waals surface area contributed by atoms with Gasteiger partial charge < -0.3 is 13.9 Å². The number of nitrogens with zero attached hydrogens (tertiary/aromatic N) is 3. The Morgan fingerprint density at radius 2 is 2.00 bits per heavy atom. The van der Waals surface area contributed by atoms with Crippen molar-refractivity contribution in [2.75, 3.05) is 14.2 Å². The van der Waals surface area contributed by atoms with Crippen molar-refractivity contribution < 1.29 is 13.9 Å². The molecule has 0 aliphatic carbocycles. The first kappa shape index (κ1) is 17.5. The molecule has 4 rings (SSSR count). The van der Waals surface area contributed by atoms with E-state index in [1.54, 1.807) is 14.2 Å². The molecule has 3 heterocycles. The molecule has 7 nitrogen and oxygen atoms in total. The highest BCUT2D eigenvalue weighted by Gasteiger charge is 2.14. The second kappa shape index (κ2) is 7.37. The Kier molecular flexibility index (Phi) is 4.78. The zero-order valence-electron chi connectivity index (χ0n) is 14.5. The highest BCUT2D eigenvalue weighted by molar-refractivity contribution is 7.13. The van der Waals surface area contributed by atoms with Crippen LogP contribution in [0.15, 0.2) is 50.3 Å². The van der Waals surface area contributed by atoms with Crippen LogP contribution < -0.4 is 15.2 Å². The number of thiazole rings is 1. The third kappa shape index (κ3) is 3.51. The van der Waals surface area contributed by atoms with E-state index in [0.717, 1.165) is 21.1 Å². The fourth-order valence-electron chi connectivity index (χ4n) is 2.54. The molecule has 0 saturated carbocycles. The Labute approximate surface area is 162 Å². The summed E-state index contributed by atoms with van der Waals surface area (Å²) in [7, 11) is 3.19. The average Bonchev–Trinajstić information content (AvgIpc) is 3.43. The molecule has 0 amide bonds. The quantitative estimate of drug-likeness (QED) is 0.490. The van der Waals surface area contributed by atoms with E-state index in [1.165, 1.54) is 27.4 Å². The van der Waals surface area contributed by atoms with Gasteiger partial charge in [-0.2, -0.15) is 4.68 Å². The largest absolute Gasteiger partial charge is 0.493 e. The van der Waals surface area contributed by atoms with Gasteiger partial charge in [0.15, 0.2) is 11.5 Å². The summed E-state index contributed by atoms with van der Waals surface area (Å²) in [5.74, 6) is 1.12. The van der Waals surface area contributed by atoms with Gasteiger partial charge in [0.25, 0.3) is 5.89 Å². The number of thiophene rings is 1. The van der Waals surface area contributed by atoms with Gasteiger partial charge in [-0.25, -0.2) is 9.78 Å². The first-order valence-electron chi connectivity index (χ1n) is 7.96. The molecule has 138 valence electrons. The van der Waals surface area contributed by atoms with Gasteiger partial charge >= 0.3 is 5.76 Å². The third-order valence-electron chi connectivity index (χ3n) is 3.83. The smallest absolute Gasteiger partial charge is 0.437 e. The summed E-state index contributed by atoms with van der Waals surface area (Å²) in [6, 6.07) is 9.37. The number of benzene rings is 1. The summed E-state index contributed by atoms with van der Waals surface area (Å²) in [4.78, 5) is 17.5. The molecule has 3 aromatic heterocycles. The predicted molar refractivity (Wildman–Crippen MR) is 104 cm³/mol. The standard InChI is InChI=1S/C18H15N3O4S2/c1-23-13-6-5-11(8-14(13)24-2)17-19-12(10-27-17)9-21-18(22)25-16(20-21)15-4-3-7-26-15/h3-8,10H,9H2,1-2H3. The van der Waals surface area contributed by atoms with Crippen LogP contribution in [-0.4, -0.2) is 29.0 Å². The van der Waals surface area contributed by atoms with E-state index < -0.39 is 5.76 Å². The molecule has 0 saturated heterocycles. The SMILES string of the molecule is COc1ccc(-c2nc(Cn3nc(-c4cccs4)oc3=O)cs2)cc1OC. The number of hydrogen-bond donors (Lipinski definition) is 0. The maximum Gasteiger partial charge on any atom is 0.437 e. The normalized spacial score (nSPS) is 10.9. The number of ether oxygens (including phenoxy) is 2. The molecule has 27 heavy (non-hydrogen) atoms. The topological polar surface area (TPSA) is 79.4 Å². The number of hydrogen-bond acceptors (Lipinski definition) is 8. The molecule has 0 atom stereocenters. The Balaban J connectivity index is 1.58. The first-order chi connectivity index (χ1) is 13.2. The van der Waals surface area contributed by atoms with Crippen LogP contribution in [0.1, 0.15) is 5.69 Å². The number of rotatable bonds is 6. The van der Waals surface area contributed by atoms with Crippen LogP contribution in [0.5, 0.6) is 11.5 Å². The molecule has 9 heteroatoms. The lowest BCUT2D eigenvalue weighted by atomic mass is 10.2. The fourth-order valence-corrected chi connectivity index (χ4v) is 3.99. The highest BCUT2D eigenvalue weighted by atomic mass is 32.1. The van der Waals surface area contributed by atoms with Crippen molar-refractivity contribution in [3.63, 3.8) is 0 Å². The van der Waals surface area contributed by atoms with Crippen LogP contribution in [-0.2, 0) is 6.54 Å². The Hall–Kier alpha value is -2.91. The lowest BCUT2D eigenvalue weighted by Gasteiger charge is -2.08. The van der Waals surface area contributed by atoms with Gasteiger partial charge in [-0.05, 0) is 29.6 Å². The van der Waals surface area contributed by atoms with E-state index in [2.05, 4.69) is 10.1 Å². The summed E-state index contributed by atoms with van der Waals surface area (Å²) < 4.78 is 17.1. The molecule has 4 aromatic rings. The van der Waals surface area contributed by atoms with Gasteiger partial charge in [-0.1, -0.05) is 6.07 Å². The minimum Gasteiger partial charge on any atom is -0.493 e. The summed E-state index contributed by atoms with van der Waals surface area (Å²) in [6.45, 7) is 0.248. The maximum absolute atomic E-state index is 12.1. The Morgan fingerprint density at radius 1 is 1.15 bits per heavy atom. The van der Waals surface area contributed by atoms with E-state index >= 15 is 0 Å². The molecular formula is C18H15N3O4S2. The van der Waals surface area contributed by atoms with Crippen molar-refractivity contribution in [3.05, 3.63) is 57.3 Å².